The highest BCUT2D eigenvalue weighted by molar-refractivity contribution is 6.34. The molecule has 3 nitrogen and oxygen atoms in total. The molecule has 3 N–H and O–H groups in total. The van der Waals surface area contributed by atoms with Crippen molar-refractivity contribution in [2.24, 2.45) is 0 Å². The van der Waals surface area contributed by atoms with Gasteiger partial charge in [-0.1, -0.05) is 23.7 Å². The Labute approximate surface area is 108 Å². The topological polar surface area (TPSA) is 55.1 Å². The molecule has 0 atom stereocenters. The van der Waals surface area contributed by atoms with E-state index in [0.29, 0.717) is 10.7 Å². The van der Waals surface area contributed by atoms with Crippen molar-refractivity contribution in [3.05, 3.63) is 58.9 Å². The van der Waals surface area contributed by atoms with Gasteiger partial charge in [-0.05, 0) is 30.3 Å². The zero-order chi connectivity index (χ0) is 13.1. The maximum Gasteiger partial charge on any atom is 0.257 e. The summed E-state index contributed by atoms with van der Waals surface area (Å²) in [6.07, 6.45) is 0. The lowest BCUT2D eigenvalue weighted by Gasteiger charge is -2.08. The first-order valence-corrected chi connectivity index (χ1v) is 5.56. The number of nitrogens with two attached hydrogens (primary N) is 1. The van der Waals surface area contributed by atoms with E-state index in [1.807, 2.05) is 0 Å². The smallest absolute Gasteiger partial charge is 0.257 e. The number of hydrogen-bond donors (Lipinski definition) is 2. The summed E-state index contributed by atoms with van der Waals surface area (Å²) in [5, 5.41) is 2.73. The van der Waals surface area contributed by atoms with Gasteiger partial charge in [0.05, 0.1) is 16.3 Å². The van der Waals surface area contributed by atoms with E-state index >= 15 is 0 Å². The summed E-state index contributed by atoms with van der Waals surface area (Å²) in [7, 11) is 0. The van der Waals surface area contributed by atoms with Crippen molar-refractivity contribution in [3.63, 3.8) is 0 Å². The molecule has 0 fully saturated rings. The molecule has 0 spiro atoms. The van der Waals surface area contributed by atoms with Crippen LogP contribution < -0.4 is 11.1 Å². The molecule has 0 saturated heterocycles. The largest absolute Gasteiger partial charge is 0.399 e. The highest BCUT2D eigenvalue weighted by Gasteiger charge is 2.12. The maximum absolute atomic E-state index is 13.4. The van der Waals surface area contributed by atoms with Crippen LogP contribution in [-0.4, -0.2) is 5.91 Å². The summed E-state index contributed by atoms with van der Waals surface area (Å²) in [5.74, 6) is -1.03. The number of nitrogens with one attached hydrogen (secondary N) is 1. The number of rotatable bonds is 2. The minimum absolute atomic E-state index is 0.0277. The third-order valence-corrected chi connectivity index (χ3v) is 2.69. The van der Waals surface area contributed by atoms with Gasteiger partial charge in [-0.3, -0.25) is 4.79 Å². The van der Waals surface area contributed by atoms with E-state index in [2.05, 4.69) is 5.32 Å². The molecule has 92 valence electrons. The van der Waals surface area contributed by atoms with Gasteiger partial charge in [0, 0.05) is 5.69 Å². The maximum atomic E-state index is 13.4. The fourth-order valence-corrected chi connectivity index (χ4v) is 1.70. The Balaban J connectivity index is 2.27. The molecule has 1 amide bonds. The van der Waals surface area contributed by atoms with E-state index in [1.165, 1.54) is 18.2 Å². The molecule has 0 aliphatic heterocycles. The van der Waals surface area contributed by atoms with Gasteiger partial charge in [-0.15, -0.1) is 0 Å². The van der Waals surface area contributed by atoms with Crippen LogP contribution in [0.3, 0.4) is 0 Å². The van der Waals surface area contributed by atoms with Crippen LogP contribution in [0.5, 0.6) is 0 Å². The summed E-state index contributed by atoms with van der Waals surface area (Å²) in [6, 6.07) is 10.5. The molecule has 0 heterocycles. The second-order valence-corrected chi connectivity index (χ2v) is 4.08. The number of anilines is 2. The van der Waals surface area contributed by atoms with Gasteiger partial charge in [-0.2, -0.15) is 0 Å². The normalized spacial score (nSPS) is 10.1. The van der Waals surface area contributed by atoms with Gasteiger partial charge in [0.15, 0.2) is 0 Å². The second kappa shape index (κ2) is 5.06. The Hall–Kier alpha value is -2.07. The molecule has 0 bridgehead atoms. The molecular weight excluding hydrogens is 255 g/mol. The highest BCUT2D eigenvalue weighted by Crippen LogP contribution is 2.20. The third kappa shape index (κ3) is 2.60. The summed E-state index contributed by atoms with van der Waals surface area (Å²) in [5.41, 5.74) is 6.20. The highest BCUT2D eigenvalue weighted by atomic mass is 35.5. The lowest BCUT2D eigenvalue weighted by molar-refractivity contribution is 0.102. The van der Waals surface area contributed by atoms with Crippen molar-refractivity contribution >= 4 is 28.9 Å². The molecule has 0 aromatic heterocycles. The van der Waals surface area contributed by atoms with Crippen LogP contribution >= 0.6 is 11.6 Å². The number of amides is 1. The van der Waals surface area contributed by atoms with Crippen LogP contribution in [0, 0.1) is 5.82 Å². The molecule has 2 rings (SSSR count). The Morgan fingerprint density at radius 2 is 1.94 bits per heavy atom. The fourth-order valence-electron chi connectivity index (χ4n) is 1.47. The Morgan fingerprint density at radius 3 is 2.67 bits per heavy atom. The van der Waals surface area contributed by atoms with Crippen LogP contribution in [-0.2, 0) is 0 Å². The molecule has 0 aliphatic carbocycles. The average Bonchev–Trinajstić information content (AvgIpc) is 2.34. The number of halogens is 2. The van der Waals surface area contributed by atoms with Crippen molar-refractivity contribution in [2.45, 2.75) is 0 Å². The van der Waals surface area contributed by atoms with Crippen molar-refractivity contribution in [2.75, 3.05) is 11.1 Å². The van der Waals surface area contributed by atoms with Crippen molar-refractivity contribution < 1.29 is 9.18 Å². The Kier molecular flexibility index (Phi) is 3.48. The molecule has 2 aromatic carbocycles. The van der Waals surface area contributed by atoms with Gasteiger partial charge in [-0.25, -0.2) is 4.39 Å². The lowest BCUT2D eigenvalue weighted by atomic mass is 10.2. The first-order chi connectivity index (χ1) is 8.58. The number of carbonyl (C=O) groups is 1. The van der Waals surface area contributed by atoms with Gasteiger partial charge >= 0.3 is 0 Å². The summed E-state index contributed by atoms with van der Waals surface area (Å²) >= 11 is 5.88. The van der Waals surface area contributed by atoms with E-state index in [9.17, 15) is 9.18 Å². The third-order valence-electron chi connectivity index (χ3n) is 2.36. The summed E-state index contributed by atoms with van der Waals surface area (Å²) < 4.78 is 13.4. The minimum Gasteiger partial charge on any atom is -0.399 e. The quantitative estimate of drug-likeness (QED) is 0.818. The number of hydrogen-bond acceptors (Lipinski definition) is 2. The first-order valence-electron chi connectivity index (χ1n) is 5.19. The number of carbonyl (C=O) groups excluding carboxylic acids is 1. The second-order valence-electron chi connectivity index (χ2n) is 3.67. The van der Waals surface area contributed by atoms with Crippen LogP contribution in [0.4, 0.5) is 15.8 Å². The molecule has 5 heteroatoms. The number of benzene rings is 2. The van der Waals surface area contributed by atoms with Crippen molar-refractivity contribution in [1.82, 2.24) is 0 Å². The summed E-state index contributed by atoms with van der Waals surface area (Å²) in [6.45, 7) is 0. The van der Waals surface area contributed by atoms with Crippen LogP contribution in [0.2, 0.25) is 5.02 Å². The standard InChI is InChI=1S/C13H10ClFN2O/c14-10-4-2-1-3-9(10)13(18)17-12-7-8(16)5-6-11(12)15/h1-7H,16H2,(H,17,18). The van der Waals surface area contributed by atoms with Crippen molar-refractivity contribution in [3.8, 4) is 0 Å². The number of nitrogen functional groups attached to an aromatic ring is 1. The van der Waals surface area contributed by atoms with Crippen LogP contribution in [0.15, 0.2) is 42.5 Å². The monoisotopic (exact) mass is 264 g/mol. The van der Waals surface area contributed by atoms with Crippen LogP contribution in [0.25, 0.3) is 0 Å². The van der Waals surface area contributed by atoms with Gasteiger partial charge in [0.1, 0.15) is 5.82 Å². The van der Waals surface area contributed by atoms with E-state index in [-0.39, 0.29) is 11.3 Å². The molecule has 0 aliphatic rings. The Bertz CT molecular complexity index is 601. The molecule has 0 unspecified atom stereocenters. The minimum atomic E-state index is -0.551. The molecule has 0 saturated carbocycles. The summed E-state index contributed by atoms with van der Waals surface area (Å²) in [4.78, 5) is 11.9. The fraction of sp³-hybridized carbons (Fsp3) is 0. The lowest BCUT2D eigenvalue weighted by Crippen LogP contribution is -2.13. The van der Waals surface area contributed by atoms with E-state index in [1.54, 1.807) is 24.3 Å². The predicted octanol–water partition coefficient (Wildman–Crippen LogP) is 3.31. The van der Waals surface area contributed by atoms with Crippen LogP contribution in [0.1, 0.15) is 10.4 Å². The van der Waals surface area contributed by atoms with Crippen molar-refractivity contribution in [1.29, 1.82) is 0 Å². The molecule has 2 aromatic rings. The average molecular weight is 265 g/mol. The van der Waals surface area contributed by atoms with E-state index in [4.69, 9.17) is 17.3 Å². The van der Waals surface area contributed by atoms with E-state index < -0.39 is 11.7 Å². The molecule has 0 radical (unpaired) electrons. The van der Waals surface area contributed by atoms with Gasteiger partial charge < -0.3 is 11.1 Å². The zero-order valence-electron chi connectivity index (χ0n) is 9.28. The first kappa shape index (κ1) is 12.4. The zero-order valence-corrected chi connectivity index (χ0v) is 10.0. The van der Waals surface area contributed by atoms with Gasteiger partial charge in [0.25, 0.3) is 5.91 Å². The predicted molar refractivity (Wildman–Crippen MR) is 70.2 cm³/mol. The Morgan fingerprint density at radius 1 is 1.22 bits per heavy atom. The SMILES string of the molecule is Nc1ccc(F)c(NC(=O)c2ccccc2Cl)c1. The van der Waals surface area contributed by atoms with E-state index in [0.717, 1.165) is 0 Å². The molecular formula is C13H10ClFN2O. The van der Waals surface area contributed by atoms with Gasteiger partial charge in [0.2, 0.25) is 0 Å². The molecule has 18 heavy (non-hydrogen) atoms.